The number of carbonyl (C=O) groups is 1. The van der Waals surface area contributed by atoms with Crippen LogP contribution in [-0.2, 0) is 11.2 Å². The van der Waals surface area contributed by atoms with E-state index < -0.39 is 11.9 Å². The van der Waals surface area contributed by atoms with Crippen LogP contribution in [0.25, 0.3) is 5.65 Å². The van der Waals surface area contributed by atoms with Gasteiger partial charge in [-0.1, -0.05) is 18.5 Å². The molecule has 2 aromatic heterocycles. The Hall–Kier alpha value is -1.62. The minimum atomic E-state index is -0.850. The number of rotatable bonds is 3. The van der Waals surface area contributed by atoms with Gasteiger partial charge in [-0.3, -0.25) is 4.79 Å². The van der Waals surface area contributed by atoms with Crippen LogP contribution in [-0.4, -0.2) is 25.7 Å². The van der Waals surface area contributed by atoms with E-state index in [4.69, 9.17) is 16.7 Å². The first-order valence-electron chi connectivity index (χ1n) is 4.80. The summed E-state index contributed by atoms with van der Waals surface area (Å²) in [5, 5.41) is 13.5. The van der Waals surface area contributed by atoms with Gasteiger partial charge in [0, 0.05) is 23.7 Å². The van der Waals surface area contributed by atoms with Gasteiger partial charge in [0.05, 0.1) is 5.92 Å². The predicted molar refractivity (Wildman–Crippen MR) is 58.5 cm³/mol. The van der Waals surface area contributed by atoms with E-state index in [9.17, 15) is 4.79 Å². The van der Waals surface area contributed by atoms with Gasteiger partial charge in [-0.05, 0) is 6.07 Å². The van der Waals surface area contributed by atoms with Crippen LogP contribution in [0.1, 0.15) is 12.7 Å². The Bertz CT molecular complexity index is 538. The van der Waals surface area contributed by atoms with Crippen LogP contribution < -0.4 is 0 Å². The Morgan fingerprint density at radius 1 is 1.69 bits per heavy atom. The first-order valence-corrected chi connectivity index (χ1v) is 5.17. The van der Waals surface area contributed by atoms with E-state index in [0.29, 0.717) is 22.9 Å². The van der Waals surface area contributed by atoms with Crippen molar-refractivity contribution < 1.29 is 9.90 Å². The highest BCUT2D eigenvalue weighted by Gasteiger charge is 2.14. The number of carboxylic acids is 1. The number of carboxylic acid groups (broad SMARTS) is 1. The van der Waals surface area contributed by atoms with Crippen LogP contribution in [0.15, 0.2) is 18.3 Å². The average Bonchev–Trinajstić information content (AvgIpc) is 2.58. The number of hydrogen-bond acceptors (Lipinski definition) is 3. The molecule has 6 heteroatoms. The van der Waals surface area contributed by atoms with Gasteiger partial charge < -0.3 is 5.11 Å². The normalized spacial score (nSPS) is 12.9. The topological polar surface area (TPSA) is 67.5 Å². The lowest BCUT2D eigenvalue weighted by Gasteiger charge is -2.00. The van der Waals surface area contributed by atoms with Crippen molar-refractivity contribution in [3.8, 4) is 0 Å². The SMILES string of the molecule is CC(Cc1nc2cc(Cl)ccn2n1)C(=O)O. The van der Waals surface area contributed by atoms with E-state index in [1.165, 1.54) is 0 Å². The third kappa shape index (κ3) is 2.14. The van der Waals surface area contributed by atoms with Crippen LogP contribution in [0.4, 0.5) is 0 Å². The fourth-order valence-electron chi connectivity index (χ4n) is 1.35. The van der Waals surface area contributed by atoms with Crippen molar-refractivity contribution in [3.63, 3.8) is 0 Å². The number of fused-ring (bicyclic) bond motifs is 1. The molecule has 0 spiro atoms. The second-order valence-electron chi connectivity index (χ2n) is 3.62. The maximum absolute atomic E-state index is 10.7. The maximum Gasteiger partial charge on any atom is 0.306 e. The highest BCUT2D eigenvalue weighted by molar-refractivity contribution is 6.30. The van der Waals surface area contributed by atoms with Crippen molar-refractivity contribution >= 4 is 23.2 Å². The zero-order chi connectivity index (χ0) is 11.7. The van der Waals surface area contributed by atoms with Crippen molar-refractivity contribution in [2.45, 2.75) is 13.3 Å². The van der Waals surface area contributed by atoms with E-state index in [-0.39, 0.29) is 0 Å². The molecule has 1 atom stereocenters. The first kappa shape index (κ1) is 10.9. The molecule has 0 saturated heterocycles. The largest absolute Gasteiger partial charge is 0.481 e. The molecule has 0 saturated carbocycles. The quantitative estimate of drug-likeness (QED) is 0.884. The van der Waals surface area contributed by atoms with Gasteiger partial charge in [0.25, 0.3) is 0 Å². The zero-order valence-corrected chi connectivity index (χ0v) is 9.35. The molecule has 0 amide bonds. The highest BCUT2D eigenvalue weighted by Crippen LogP contribution is 2.12. The third-order valence-corrected chi connectivity index (χ3v) is 2.49. The lowest BCUT2D eigenvalue weighted by atomic mass is 10.1. The highest BCUT2D eigenvalue weighted by atomic mass is 35.5. The van der Waals surface area contributed by atoms with E-state index >= 15 is 0 Å². The average molecular weight is 240 g/mol. The van der Waals surface area contributed by atoms with Gasteiger partial charge in [0.1, 0.15) is 0 Å². The number of hydrogen-bond donors (Lipinski definition) is 1. The number of aromatic nitrogens is 3. The van der Waals surface area contributed by atoms with Gasteiger partial charge in [-0.2, -0.15) is 5.10 Å². The summed E-state index contributed by atoms with van der Waals surface area (Å²) in [6.45, 7) is 1.63. The van der Waals surface area contributed by atoms with Crippen LogP contribution >= 0.6 is 11.6 Å². The summed E-state index contributed by atoms with van der Waals surface area (Å²) in [5.41, 5.74) is 0.625. The van der Waals surface area contributed by atoms with Gasteiger partial charge in [0.15, 0.2) is 11.5 Å². The summed E-state index contributed by atoms with van der Waals surface area (Å²) in [6, 6.07) is 3.39. The van der Waals surface area contributed by atoms with Crippen LogP contribution in [0.3, 0.4) is 0 Å². The molecule has 1 unspecified atom stereocenters. The predicted octanol–water partition coefficient (Wildman–Crippen LogP) is 1.65. The van der Waals surface area contributed by atoms with Gasteiger partial charge in [-0.15, -0.1) is 0 Å². The molecule has 16 heavy (non-hydrogen) atoms. The molecule has 0 radical (unpaired) electrons. The van der Waals surface area contributed by atoms with Crippen LogP contribution in [0, 0.1) is 5.92 Å². The molecule has 0 bridgehead atoms. The number of halogens is 1. The summed E-state index contributed by atoms with van der Waals surface area (Å²) in [5.74, 6) is -0.832. The molecule has 0 aromatic carbocycles. The Kier molecular flexibility index (Phi) is 2.78. The number of pyridine rings is 1. The van der Waals surface area contributed by atoms with Gasteiger partial charge >= 0.3 is 5.97 Å². The minimum Gasteiger partial charge on any atom is -0.481 e. The molecule has 2 heterocycles. The van der Waals surface area contributed by atoms with Crippen LogP contribution in [0.5, 0.6) is 0 Å². The standard InChI is InChI=1S/C10H10ClN3O2/c1-6(10(15)16)4-8-12-9-5-7(11)2-3-14(9)13-8/h2-3,5-6H,4H2,1H3,(H,15,16). The second-order valence-corrected chi connectivity index (χ2v) is 4.06. The Labute approximate surface area is 96.7 Å². The molecular formula is C10H10ClN3O2. The van der Waals surface area contributed by atoms with Crippen molar-refractivity contribution in [1.82, 2.24) is 14.6 Å². The summed E-state index contributed by atoms with van der Waals surface area (Å²) in [4.78, 5) is 14.9. The fraction of sp³-hybridized carbons (Fsp3) is 0.300. The van der Waals surface area contributed by atoms with Crippen molar-refractivity contribution in [1.29, 1.82) is 0 Å². The number of aliphatic carboxylic acids is 1. The molecule has 1 N–H and O–H groups in total. The Morgan fingerprint density at radius 3 is 3.12 bits per heavy atom. The van der Waals surface area contributed by atoms with E-state index in [2.05, 4.69) is 10.1 Å². The van der Waals surface area contributed by atoms with Crippen molar-refractivity contribution in [2.24, 2.45) is 5.92 Å². The van der Waals surface area contributed by atoms with E-state index in [0.717, 1.165) is 0 Å². The van der Waals surface area contributed by atoms with E-state index in [1.54, 1.807) is 29.8 Å². The van der Waals surface area contributed by atoms with Crippen molar-refractivity contribution in [2.75, 3.05) is 0 Å². The van der Waals surface area contributed by atoms with Gasteiger partial charge in [-0.25, -0.2) is 9.50 Å². The molecule has 2 rings (SSSR count). The third-order valence-electron chi connectivity index (χ3n) is 2.25. The summed E-state index contributed by atoms with van der Waals surface area (Å²) in [6.07, 6.45) is 2.01. The molecule has 84 valence electrons. The number of nitrogens with zero attached hydrogens (tertiary/aromatic N) is 3. The van der Waals surface area contributed by atoms with Crippen molar-refractivity contribution in [3.05, 3.63) is 29.2 Å². The fourth-order valence-corrected chi connectivity index (χ4v) is 1.50. The molecule has 5 nitrogen and oxygen atoms in total. The monoisotopic (exact) mass is 239 g/mol. The lowest BCUT2D eigenvalue weighted by molar-refractivity contribution is -0.141. The van der Waals surface area contributed by atoms with Crippen LogP contribution in [0.2, 0.25) is 5.02 Å². The second kappa shape index (κ2) is 4.09. The maximum atomic E-state index is 10.7. The molecule has 0 aliphatic carbocycles. The smallest absolute Gasteiger partial charge is 0.306 e. The first-order chi connectivity index (χ1) is 7.56. The molecule has 2 aromatic rings. The minimum absolute atomic E-state index is 0.314. The lowest BCUT2D eigenvalue weighted by Crippen LogP contribution is -2.13. The summed E-state index contributed by atoms with van der Waals surface area (Å²) >= 11 is 5.81. The molecule has 0 aliphatic heterocycles. The Morgan fingerprint density at radius 2 is 2.44 bits per heavy atom. The summed E-state index contributed by atoms with van der Waals surface area (Å²) < 4.78 is 1.58. The Balaban J connectivity index is 2.29. The summed E-state index contributed by atoms with van der Waals surface area (Å²) in [7, 11) is 0. The van der Waals surface area contributed by atoms with E-state index in [1.807, 2.05) is 0 Å². The molecular weight excluding hydrogens is 230 g/mol. The van der Waals surface area contributed by atoms with Gasteiger partial charge in [0.2, 0.25) is 0 Å². The molecule has 0 aliphatic rings. The zero-order valence-electron chi connectivity index (χ0n) is 8.59. The molecule has 0 fully saturated rings.